The maximum atomic E-state index is 4.71. The van der Waals surface area contributed by atoms with Gasteiger partial charge in [0.05, 0.1) is 0 Å². The van der Waals surface area contributed by atoms with Crippen molar-refractivity contribution in [1.82, 2.24) is 25.6 Å². The van der Waals surface area contributed by atoms with E-state index in [-0.39, 0.29) is 0 Å². The number of nitrogens with zero attached hydrogens (tertiary/aromatic N) is 4. The number of oxazole rings is 1. The Kier molecular flexibility index (Phi) is 0.970. The molecule has 2 aromatic heterocycles. The summed E-state index contributed by atoms with van der Waals surface area (Å²) < 4.78 is 4.71. The fourth-order valence-corrected chi connectivity index (χ4v) is 0.593. The van der Waals surface area contributed by atoms with Gasteiger partial charge in [-0.15, -0.1) is 10.2 Å². The van der Waals surface area contributed by atoms with Gasteiger partial charge in [0, 0.05) is 0 Å². The van der Waals surface area contributed by atoms with Gasteiger partial charge in [0.1, 0.15) is 12.0 Å². The van der Waals surface area contributed by atoms with Crippen molar-refractivity contribution >= 4 is 0 Å². The van der Waals surface area contributed by atoms with Crippen molar-refractivity contribution in [1.29, 1.82) is 0 Å². The van der Waals surface area contributed by atoms with Gasteiger partial charge in [0.2, 0.25) is 5.82 Å². The highest BCUT2D eigenvalue weighted by molar-refractivity contribution is 5.43. The number of aromatic amines is 1. The molecule has 6 nitrogen and oxygen atoms in total. The second-order valence-corrected chi connectivity index (χ2v) is 1.61. The number of nitrogens with one attached hydrogen (secondary N) is 1. The van der Waals surface area contributed by atoms with Gasteiger partial charge < -0.3 is 4.42 Å². The van der Waals surface area contributed by atoms with Crippen molar-refractivity contribution in [2.75, 3.05) is 0 Å². The third kappa shape index (κ3) is 0.661. The number of hydrogen-bond acceptors (Lipinski definition) is 5. The lowest BCUT2D eigenvalue weighted by Crippen LogP contribution is -1.78. The summed E-state index contributed by atoms with van der Waals surface area (Å²) >= 11 is 0. The first-order valence-electron chi connectivity index (χ1n) is 2.59. The molecule has 1 N–H and O–H groups in total. The minimum atomic E-state index is 0.439. The summed E-state index contributed by atoms with van der Waals surface area (Å²) in [5, 5.41) is 13.0. The Morgan fingerprint density at radius 1 is 1.50 bits per heavy atom. The van der Waals surface area contributed by atoms with E-state index in [1.165, 1.54) is 12.7 Å². The zero-order valence-electron chi connectivity index (χ0n) is 4.85. The normalized spacial score (nSPS) is 10.0. The molecular weight excluding hydrogens is 134 g/mol. The van der Waals surface area contributed by atoms with E-state index in [4.69, 9.17) is 4.42 Å². The molecular formula is C4H3N5O. The minimum Gasteiger partial charge on any atom is -0.451 e. The quantitative estimate of drug-likeness (QED) is 0.591. The molecule has 0 aliphatic rings. The third-order valence-corrected chi connectivity index (χ3v) is 1.01. The molecule has 0 amide bonds. The Balaban J connectivity index is 2.48. The Morgan fingerprint density at radius 3 is 3.10 bits per heavy atom. The number of tetrazole rings is 1. The number of hydrogen-bond donors (Lipinski definition) is 1. The average Bonchev–Trinajstić information content (AvgIpc) is 2.59. The number of rotatable bonds is 1. The molecule has 0 radical (unpaired) electrons. The largest absolute Gasteiger partial charge is 0.451 e. The average molecular weight is 137 g/mol. The monoisotopic (exact) mass is 137 g/mol. The molecule has 0 saturated heterocycles. The standard InChI is InChI=1S/C4H3N5O/c1-3(5-2-10-1)4-6-8-9-7-4/h1-2H,(H,6,7,8,9). The topological polar surface area (TPSA) is 80.5 Å². The van der Waals surface area contributed by atoms with Crippen molar-refractivity contribution < 1.29 is 4.42 Å². The molecule has 2 rings (SSSR count). The van der Waals surface area contributed by atoms with Crippen molar-refractivity contribution in [2.45, 2.75) is 0 Å². The van der Waals surface area contributed by atoms with Crippen LogP contribution in [0.25, 0.3) is 11.5 Å². The molecule has 0 aromatic carbocycles. The minimum absolute atomic E-state index is 0.439. The lowest BCUT2D eigenvalue weighted by Gasteiger charge is -1.76. The van der Waals surface area contributed by atoms with E-state index in [0.717, 1.165) is 0 Å². The van der Waals surface area contributed by atoms with E-state index in [1.807, 2.05) is 0 Å². The predicted molar refractivity (Wildman–Crippen MR) is 29.7 cm³/mol. The van der Waals surface area contributed by atoms with Crippen LogP contribution in [0.15, 0.2) is 17.1 Å². The van der Waals surface area contributed by atoms with Gasteiger partial charge in [-0.3, -0.25) is 0 Å². The molecule has 0 fully saturated rings. The van der Waals surface area contributed by atoms with Crippen LogP contribution in [0.5, 0.6) is 0 Å². The van der Waals surface area contributed by atoms with Crippen LogP contribution in [-0.2, 0) is 0 Å². The molecule has 0 unspecified atom stereocenters. The Hall–Kier alpha value is -1.72. The SMILES string of the molecule is c1nc(-c2nn[nH]n2)co1. The maximum absolute atomic E-state index is 4.71. The second-order valence-electron chi connectivity index (χ2n) is 1.61. The summed E-state index contributed by atoms with van der Waals surface area (Å²) in [6.45, 7) is 0. The van der Waals surface area contributed by atoms with Crippen molar-refractivity contribution in [3.05, 3.63) is 12.7 Å². The summed E-state index contributed by atoms with van der Waals surface area (Å²) in [4.78, 5) is 3.81. The fourth-order valence-electron chi connectivity index (χ4n) is 0.593. The van der Waals surface area contributed by atoms with Gasteiger partial charge in [0.15, 0.2) is 6.39 Å². The molecule has 0 aliphatic heterocycles. The van der Waals surface area contributed by atoms with Crippen LogP contribution in [0.4, 0.5) is 0 Å². The lowest BCUT2D eigenvalue weighted by molar-refractivity contribution is 0.558. The molecule has 0 saturated carbocycles. The summed E-state index contributed by atoms with van der Waals surface area (Å²) in [6, 6.07) is 0. The first kappa shape index (κ1) is 5.10. The van der Waals surface area contributed by atoms with Crippen LogP contribution in [0.3, 0.4) is 0 Å². The second kappa shape index (κ2) is 1.90. The highest BCUT2D eigenvalue weighted by Crippen LogP contribution is 2.07. The van der Waals surface area contributed by atoms with E-state index in [1.54, 1.807) is 0 Å². The molecule has 0 aliphatic carbocycles. The van der Waals surface area contributed by atoms with Gasteiger partial charge in [-0.25, -0.2) is 4.98 Å². The molecule has 2 heterocycles. The fraction of sp³-hybridized carbons (Fsp3) is 0. The first-order valence-corrected chi connectivity index (χ1v) is 2.59. The zero-order valence-corrected chi connectivity index (χ0v) is 4.85. The van der Waals surface area contributed by atoms with Crippen LogP contribution >= 0.6 is 0 Å². The van der Waals surface area contributed by atoms with Gasteiger partial charge in [-0.05, 0) is 5.21 Å². The highest BCUT2D eigenvalue weighted by atomic mass is 16.3. The van der Waals surface area contributed by atoms with Crippen LogP contribution in [0, 0.1) is 0 Å². The first-order chi connectivity index (χ1) is 4.97. The van der Waals surface area contributed by atoms with Crippen LogP contribution < -0.4 is 0 Å². The molecule has 2 aromatic rings. The molecule has 10 heavy (non-hydrogen) atoms. The molecule has 0 bridgehead atoms. The van der Waals surface area contributed by atoms with Crippen molar-refractivity contribution in [3.8, 4) is 11.5 Å². The van der Waals surface area contributed by atoms with E-state index in [0.29, 0.717) is 11.5 Å². The smallest absolute Gasteiger partial charge is 0.226 e. The van der Waals surface area contributed by atoms with Crippen molar-refractivity contribution in [3.63, 3.8) is 0 Å². The molecule has 50 valence electrons. The van der Waals surface area contributed by atoms with Gasteiger partial charge >= 0.3 is 0 Å². The summed E-state index contributed by atoms with van der Waals surface area (Å²) in [7, 11) is 0. The molecule has 0 atom stereocenters. The highest BCUT2D eigenvalue weighted by Gasteiger charge is 2.03. The Bertz CT molecular complexity index is 253. The van der Waals surface area contributed by atoms with E-state index < -0.39 is 0 Å². The van der Waals surface area contributed by atoms with E-state index in [2.05, 4.69) is 25.6 Å². The van der Waals surface area contributed by atoms with Gasteiger partial charge in [-0.1, -0.05) is 0 Å². The summed E-state index contributed by atoms with van der Waals surface area (Å²) in [5.74, 6) is 0.439. The van der Waals surface area contributed by atoms with Crippen LogP contribution in [0.1, 0.15) is 0 Å². The third-order valence-electron chi connectivity index (χ3n) is 1.01. The molecule has 6 heteroatoms. The van der Waals surface area contributed by atoms with Gasteiger partial charge in [-0.2, -0.15) is 5.21 Å². The van der Waals surface area contributed by atoms with E-state index >= 15 is 0 Å². The Morgan fingerprint density at radius 2 is 2.50 bits per heavy atom. The molecule has 0 spiro atoms. The van der Waals surface area contributed by atoms with E-state index in [9.17, 15) is 0 Å². The van der Waals surface area contributed by atoms with Crippen molar-refractivity contribution in [2.24, 2.45) is 0 Å². The predicted octanol–water partition coefficient (Wildman–Crippen LogP) is -0.145. The Labute approximate surface area is 55.3 Å². The summed E-state index contributed by atoms with van der Waals surface area (Å²) in [6.07, 6.45) is 2.76. The zero-order chi connectivity index (χ0) is 6.81. The van der Waals surface area contributed by atoms with Crippen LogP contribution in [0.2, 0.25) is 0 Å². The van der Waals surface area contributed by atoms with Gasteiger partial charge in [0.25, 0.3) is 0 Å². The lowest BCUT2D eigenvalue weighted by atomic mass is 10.5. The number of H-pyrrole nitrogens is 1. The summed E-state index contributed by atoms with van der Waals surface area (Å²) in [5.41, 5.74) is 0.578. The van der Waals surface area contributed by atoms with Crippen LogP contribution in [-0.4, -0.2) is 25.6 Å². The number of aromatic nitrogens is 5. The maximum Gasteiger partial charge on any atom is 0.226 e.